The molecule has 1 aromatic carbocycles. The zero-order valence-electron chi connectivity index (χ0n) is 14.7. The summed E-state index contributed by atoms with van der Waals surface area (Å²) < 4.78 is 0. The van der Waals surface area contributed by atoms with Crippen molar-refractivity contribution >= 4 is 35.8 Å². The molecule has 0 radical (unpaired) electrons. The van der Waals surface area contributed by atoms with Crippen molar-refractivity contribution in [2.24, 2.45) is 5.73 Å². The van der Waals surface area contributed by atoms with E-state index in [1.807, 2.05) is 18.4 Å². The van der Waals surface area contributed by atoms with E-state index in [4.69, 9.17) is 5.73 Å². The molecule has 0 aromatic heterocycles. The molecule has 1 unspecified atom stereocenters. The monoisotopic (exact) mass is 371 g/mol. The fourth-order valence-corrected chi connectivity index (χ4v) is 3.42. The van der Waals surface area contributed by atoms with E-state index in [0.717, 1.165) is 18.0 Å². The Kier molecular flexibility index (Phi) is 9.74. The quantitative estimate of drug-likeness (QED) is 0.770. The molecule has 3 N–H and O–H groups in total. The summed E-state index contributed by atoms with van der Waals surface area (Å²) in [6.07, 6.45) is 6.67. The van der Waals surface area contributed by atoms with E-state index in [9.17, 15) is 4.79 Å². The van der Waals surface area contributed by atoms with Crippen LogP contribution in [0.3, 0.4) is 0 Å². The smallest absolute Gasteiger partial charge is 0.241 e. The van der Waals surface area contributed by atoms with Crippen LogP contribution in [0.1, 0.15) is 38.2 Å². The van der Waals surface area contributed by atoms with Crippen LogP contribution in [-0.2, 0) is 11.3 Å². The number of nitrogens with one attached hydrogen (secondary N) is 1. The van der Waals surface area contributed by atoms with Gasteiger partial charge < -0.3 is 11.1 Å². The van der Waals surface area contributed by atoms with Crippen molar-refractivity contribution in [2.75, 3.05) is 23.9 Å². The molecule has 0 bridgehead atoms. The summed E-state index contributed by atoms with van der Waals surface area (Å²) in [7, 11) is 0. The summed E-state index contributed by atoms with van der Waals surface area (Å²) in [5.41, 5.74) is 8.01. The number of carbonyl (C=O) groups excluding carboxylic acids is 1. The summed E-state index contributed by atoms with van der Waals surface area (Å²) in [5, 5.41) is 2.90. The summed E-state index contributed by atoms with van der Waals surface area (Å²) in [6.45, 7) is 4.48. The van der Waals surface area contributed by atoms with Crippen LogP contribution in [0.2, 0.25) is 0 Å². The number of hydrogen-bond donors (Lipinski definition) is 2. The molecule has 1 amide bonds. The molecule has 0 spiro atoms. The number of hydrogen-bond acceptors (Lipinski definition) is 4. The number of nitrogens with zero attached hydrogens (tertiary/aromatic N) is 1. The standard InChI is InChI=1S/C18H29N3OS.ClH/c1-14-5-3-4-11-21(14)13-15-6-8-16(9-7-15)20-18(22)17(19)10-12-23-2;/h6-9,14,17H,3-5,10-13,19H2,1-2H3,(H,20,22);1H/t14?,17-;/m0./s1. The van der Waals surface area contributed by atoms with Crippen molar-refractivity contribution in [1.82, 2.24) is 4.90 Å². The molecule has 1 saturated heterocycles. The van der Waals surface area contributed by atoms with Crippen molar-refractivity contribution in [1.29, 1.82) is 0 Å². The third-order valence-corrected chi connectivity index (χ3v) is 5.16. The SMILES string of the molecule is CSCC[C@H](N)C(=O)Nc1ccc(CN2CCCCC2C)cc1.Cl. The largest absolute Gasteiger partial charge is 0.325 e. The Bertz CT molecular complexity index is 498. The van der Waals surface area contributed by atoms with E-state index >= 15 is 0 Å². The van der Waals surface area contributed by atoms with Crippen molar-refractivity contribution < 1.29 is 4.79 Å². The number of anilines is 1. The maximum absolute atomic E-state index is 12.0. The second-order valence-electron chi connectivity index (χ2n) is 6.39. The van der Waals surface area contributed by atoms with Crippen LogP contribution in [0.15, 0.2) is 24.3 Å². The molecule has 136 valence electrons. The summed E-state index contributed by atoms with van der Waals surface area (Å²) in [6, 6.07) is 8.38. The van der Waals surface area contributed by atoms with E-state index in [-0.39, 0.29) is 18.3 Å². The molecule has 1 aromatic rings. The maximum atomic E-state index is 12.0. The predicted molar refractivity (Wildman–Crippen MR) is 107 cm³/mol. The predicted octanol–water partition coefficient (Wildman–Crippen LogP) is 3.50. The van der Waals surface area contributed by atoms with Gasteiger partial charge in [-0.2, -0.15) is 11.8 Å². The molecule has 0 aliphatic carbocycles. The zero-order chi connectivity index (χ0) is 16.7. The molecule has 0 saturated carbocycles. The molecule has 24 heavy (non-hydrogen) atoms. The third-order valence-electron chi connectivity index (χ3n) is 4.52. The molecule has 2 atom stereocenters. The Morgan fingerprint density at radius 2 is 2.08 bits per heavy atom. The van der Waals surface area contributed by atoms with E-state index in [1.54, 1.807) is 11.8 Å². The van der Waals surface area contributed by atoms with Gasteiger partial charge in [-0.1, -0.05) is 18.6 Å². The normalized spacial score (nSPS) is 19.4. The van der Waals surface area contributed by atoms with Crippen molar-refractivity contribution in [3.05, 3.63) is 29.8 Å². The fourth-order valence-electron chi connectivity index (χ4n) is 2.93. The van der Waals surface area contributed by atoms with Crippen LogP contribution in [0.4, 0.5) is 5.69 Å². The van der Waals surface area contributed by atoms with Gasteiger partial charge in [-0.3, -0.25) is 9.69 Å². The highest BCUT2D eigenvalue weighted by Gasteiger charge is 2.18. The minimum atomic E-state index is -0.434. The summed E-state index contributed by atoms with van der Waals surface area (Å²) in [4.78, 5) is 14.5. The molecule has 1 fully saturated rings. The Morgan fingerprint density at radius 1 is 1.38 bits per heavy atom. The van der Waals surface area contributed by atoms with Crippen LogP contribution < -0.4 is 11.1 Å². The number of thioether (sulfide) groups is 1. The highest BCUT2D eigenvalue weighted by Crippen LogP contribution is 2.20. The van der Waals surface area contributed by atoms with Crippen LogP contribution in [0.25, 0.3) is 0 Å². The average Bonchev–Trinajstić information content (AvgIpc) is 2.56. The lowest BCUT2D eigenvalue weighted by molar-refractivity contribution is -0.117. The number of likely N-dealkylation sites (tertiary alicyclic amines) is 1. The molecule has 6 heteroatoms. The van der Waals surface area contributed by atoms with E-state index in [0.29, 0.717) is 12.5 Å². The first-order valence-corrected chi connectivity index (χ1v) is 9.88. The Morgan fingerprint density at radius 3 is 2.71 bits per heavy atom. The topological polar surface area (TPSA) is 58.4 Å². The zero-order valence-corrected chi connectivity index (χ0v) is 16.3. The maximum Gasteiger partial charge on any atom is 0.241 e. The molecule has 1 aliphatic rings. The minimum absolute atomic E-state index is 0. The molecule has 4 nitrogen and oxygen atoms in total. The van der Waals surface area contributed by atoms with Crippen LogP contribution in [0, 0.1) is 0 Å². The Labute approximate surface area is 156 Å². The number of amides is 1. The van der Waals surface area contributed by atoms with Gasteiger partial charge in [-0.05, 0) is 62.4 Å². The lowest BCUT2D eigenvalue weighted by Crippen LogP contribution is -2.36. The van der Waals surface area contributed by atoms with E-state index < -0.39 is 6.04 Å². The van der Waals surface area contributed by atoms with Crippen LogP contribution >= 0.6 is 24.2 Å². The Hall–Kier alpha value is -0.750. The van der Waals surface area contributed by atoms with Gasteiger partial charge in [0.25, 0.3) is 0 Å². The number of carbonyl (C=O) groups is 1. The van der Waals surface area contributed by atoms with Crippen molar-refractivity contribution in [3.8, 4) is 0 Å². The summed E-state index contributed by atoms with van der Waals surface area (Å²) >= 11 is 1.71. The molecular weight excluding hydrogens is 342 g/mol. The van der Waals surface area contributed by atoms with E-state index in [1.165, 1.54) is 31.4 Å². The van der Waals surface area contributed by atoms with Gasteiger partial charge in [0.15, 0.2) is 0 Å². The highest BCUT2D eigenvalue weighted by molar-refractivity contribution is 7.98. The number of halogens is 1. The molecule has 1 heterocycles. The fraction of sp³-hybridized carbons (Fsp3) is 0.611. The lowest BCUT2D eigenvalue weighted by atomic mass is 10.0. The lowest BCUT2D eigenvalue weighted by Gasteiger charge is -2.33. The van der Waals surface area contributed by atoms with Gasteiger partial charge in [0, 0.05) is 18.3 Å². The van der Waals surface area contributed by atoms with E-state index in [2.05, 4.69) is 29.3 Å². The highest BCUT2D eigenvalue weighted by atomic mass is 35.5. The number of rotatable bonds is 7. The first-order valence-electron chi connectivity index (χ1n) is 8.48. The van der Waals surface area contributed by atoms with Gasteiger partial charge in [0.05, 0.1) is 6.04 Å². The Balaban J connectivity index is 0.00000288. The average molecular weight is 372 g/mol. The van der Waals surface area contributed by atoms with Gasteiger partial charge >= 0.3 is 0 Å². The molecule has 2 rings (SSSR count). The van der Waals surface area contributed by atoms with Gasteiger partial charge in [-0.25, -0.2) is 0 Å². The number of benzene rings is 1. The van der Waals surface area contributed by atoms with Crippen LogP contribution in [-0.4, -0.2) is 41.4 Å². The molecule has 1 aliphatic heterocycles. The van der Waals surface area contributed by atoms with Gasteiger partial charge in [0.2, 0.25) is 5.91 Å². The number of piperidine rings is 1. The second-order valence-corrected chi connectivity index (χ2v) is 7.38. The second kappa shape index (κ2) is 11.0. The van der Waals surface area contributed by atoms with Crippen LogP contribution in [0.5, 0.6) is 0 Å². The van der Waals surface area contributed by atoms with Gasteiger partial charge in [0.1, 0.15) is 0 Å². The first kappa shape index (κ1) is 21.3. The first-order chi connectivity index (χ1) is 11.1. The van der Waals surface area contributed by atoms with Crippen molar-refractivity contribution in [2.45, 2.75) is 51.2 Å². The third kappa shape index (κ3) is 6.63. The minimum Gasteiger partial charge on any atom is -0.325 e. The van der Waals surface area contributed by atoms with Crippen molar-refractivity contribution in [3.63, 3.8) is 0 Å². The summed E-state index contributed by atoms with van der Waals surface area (Å²) in [5.74, 6) is 0.804. The molecular formula is C18H30ClN3OS. The van der Waals surface area contributed by atoms with Gasteiger partial charge in [-0.15, -0.1) is 12.4 Å². The number of nitrogens with two attached hydrogens (primary N) is 1.